The minimum absolute atomic E-state index is 0.0364. The summed E-state index contributed by atoms with van der Waals surface area (Å²) in [7, 11) is 0. The normalized spacial score (nSPS) is 15.4. The Hall–Kier alpha value is -3.41. The molecule has 154 valence electrons. The number of amides is 2. The smallest absolute Gasteiger partial charge is 0.258 e. The van der Waals surface area contributed by atoms with E-state index in [1.807, 2.05) is 30.3 Å². The van der Waals surface area contributed by atoms with E-state index in [4.69, 9.17) is 0 Å². The maximum atomic E-state index is 12.5. The zero-order valence-electron chi connectivity index (χ0n) is 16.8. The number of hydrogen-bond acceptors (Lipinski definition) is 3. The van der Waals surface area contributed by atoms with Crippen LogP contribution in [-0.4, -0.2) is 22.9 Å². The Kier molecular flexibility index (Phi) is 5.93. The van der Waals surface area contributed by atoms with Crippen molar-refractivity contribution in [1.29, 1.82) is 0 Å². The minimum Gasteiger partial charge on any atom is -0.354 e. The molecule has 0 bridgehead atoms. The molecule has 2 N–H and O–H groups in total. The standard InChI is InChI=1S/C24H25N3O3/c28-22(26-21-11-5-8-17-6-1-3-9-19(17)21)12-14-25-23(29)16-27-15-13-18-7-2-4-10-20(18)24(27)30/h1-4,6-7,9-10,13,15,21H,5,8,11-12,14,16H2,(H,25,29)(H,26,28). The second-order valence-electron chi connectivity index (χ2n) is 7.65. The molecule has 1 atom stereocenters. The molecule has 2 amide bonds. The molecule has 0 radical (unpaired) electrons. The number of aromatic nitrogens is 1. The number of carbonyl (C=O) groups excluding carboxylic acids is 2. The van der Waals surface area contributed by atoms with Gasteiger partial charge in [-0.1, -0.05) is 42.5 Å². The van der Waals surface area contributed by atoms with Crippen LogP contribution in [0.3, 0.4) is 0 Å². The highest BCUT2D eigenvalue weighted by molar-refractivity contribution is 5.82. The van der Waals surface area contributed by atoms with E-state index >= 15 is 0 Å². The summed E-state index contributed by atoms with van der Waals surface area (Å²) in [6.07, 6.45) is 4.86. The van der Waals surface area contributed by atoms with E-state index in [1.165, 1.54) is 15.7 Å². The van der Waals surface area contributed by atoms with Crippen molar-refractivity contribution in [2.75, 3.05) is 6.54 Å². The van der Waals surface area contributed by atoms with Crippen LogP contribution in [0.1, 0.15) is 36.4 Å². The molecule has 3 aromatic rings. The average molecular weight is 403 g/mol. The lowest BCUT2D eigenvalue weighted by Crippen LogP contribution is -2.36. The van der Waals surface area contributed by atoms with Crippen LogP contribution in [0.5, 0.6) is 0 Å². The molecule has 0 spiro atoms. The largest absolute Gasteiger partial charge is 0.354 e. The molecular weight excluding hydrogens is 378 g/mol. The number of fused-ring (bicyclic) bond motifs is 2. The van der Waals surface area contributed by atoms with Crippen LogP contribution in [0, 0.1) is 0 Å². The van der Waals surface area contributed by atoms with E-state index < -0.39 is 0 Å². The number of carbonyl (C=O) groups is 2. The molecule has 0 fully saturated rings. The Morgan fingerprint density at radius 1 is 1.00 bits per heavy atom. The maximum absolute atomic E-state index is 12.5. The van der Waals surface area contributed by atoms with Gasteiger partial charge in [0.25, 0.3) is 5.56 Å². The Balaban J connectivity index is 1.28. The molecule has 6 nitrogen and oxygen atoms in total. The molecule has 30 heavy (non-hydrogen) atoms. The number of nitrogens with zero attached hydrogens (tertiary/aromatic N) is 1. The van der Waals surface area contributed by atoms with Gasteiger partial charge >= 0.3 is 0 Å². The van der Waals surface area contributed by atoms with Gasteiger partial charge in [0.15, 0.2) is 0 Å². The monoisotopic (exact) mass is 403 g/mol. The van der Waals surface area contributed by atoms with E-state index in [0.29, 0.717) is 5.39 Å². The molecule has 1 aliphatic carbocycles. The average Bonchev–Trinajstić information content (AvgIpc) is 2.76. The molecule has 1 heterocycles. The van der Waals surface area contributed by atoms with Gasteiger partial charge < -0.3 is 15.2 Å². The van der Waals surface area contributed by atoms with Gasteiger partial charge in [-0.25, -0.2) is 0 Å². The highest BCUT2D eigenvalue weighted by Gasteiger charge is 2.21. The maximum Gasteiger partial charge on any atom is 0.258 e. The van der Waals surface area contributed by atoms with Gasteiger partial charge in [-0.05, 0) is 47.9 Å². The van der Waals surface area contributed by atoms with Crippen molar-refractivity contribution in [2.24, 2.45) is 0 Å². The number of hydrogen-bond donors (Lipinski definition) is 2. The molecular formula is C24H25N3O3. The second-order valence-corrected chi connectivity index (χ2v) is 7.65. The van der Waals surface area contributed by atoms with Crippen LogP contribution >= 0.6 is 0 Å². The van der Waals surface area contributed by atoms with Crippen molar-refractivity contribution >= 4 is 22.6 Å². The van der Waals surface area contributed by atoms with Gasteiger partial charge in [-0.2, -0.15) is 0 Å². The van der Waals surface area contributed by atoms with Crippen molar-refractivity contribution in [2.45, 2.75) is 38.3 Å². The summed E-state index contributed by atoms with van der Waals surface area (Å²) in [6.45, 7) is 0.169. The summed E-state index contributed by atoms with van der Waals surface area (Å²) in [6, 6.07) is 17.4. The molecule has 2 aromatic carbocycles. The molecule has 1 aliphatic rings. The van der Waals surface area contributed by atoms with Gasteiger partial charge in [0.2, 0.25) is 11.8 Å². The van der Waals surface area contributed by atoms with E-state index in [-0.39, 0.29) is 42.9 Å². The number of rotatable bonds is 6. The highest BCUT2D eigenvalue weighted by atomic mass is 16.2. The third kappa shape index (κ3) is 4.43. The van der Waals surface area contributed by atoms with Crippen LogP contribution in [0.15, 0.2) is 65.6 Å². The quantitative estimate of drug-likeness (QED) is 0.664. The fourth-order valence-electron chi connectivity index (χ4n) is 4.05. The molecule has 6 heteroatoms. The predicted molar refractivity (Wildman–Crippen MR) is 116 cm³/mol. The van der Waals surface area contributed by atoms with Gasteiger partial charge in [0, 0.05) is 24.5 Å². The number of pyridine rings is 1. The van der Waals surface area contributed by atoms with Crippen LogP contribution in [0.2, 0.25) is 0 Å². The Bertz CT molecular complexity index is 1140. The van der Waals surface area contributed by atoms with Crippen LogP contribution in [0.25, 0.3) is 10.8 Å². The number of nitrogens with one attached hydrogen (secondary N) is 2. The van der Waals surface area contributed by atoms with Crippen molar-refractivity contribution in [3.05, 3.63) is 82.3 Å². The van der Waals surface area contributed by atoms with Crippen molar-refractivity contribution in [3.63, 3.8) is 0 Å². The SMILES string of the molecule is O=C(Cn1ccc2ccccc2c1=O)NCCC(=O)NC1CCCc2ccccc21. The summed E-state index contributed by atoms with van der Waals surface area (Å²) in [4.78, 5) is 37.1. The first-order chi connectivity index (χ1) is 14.6. The van der Waals surface area contributed by atoms with Gasteiger partial charge in [-0.3, -0.25) is 14.4 Å². The lowest BCUT2D eigenvalue weighted by atomic mass is 9.88. The predicted octanol–water partition coefficient (Wildman–Crippen LogP) is 2.70. The first-order valence-corrected chi connectivity index (χ1v) is 10.3. The third-order valence-electron chi connectivity index (χ3n) is 5.58. The lowest BCUT2D eigenvalue weighted by molar-refractivity contribution is -0.123. The summed E-state index contributed by atoms with van der Waals surface area (Å²) < 4.78 is 1.39. The molecule has 0 saturated heterocycles. The Morgan fingerprint density at radius 3 is 2.70 bits per heavy atom. The van der Waals surface area contributed by atoms with Crippen molar-refractivity contribution < 1.29 is 9.59 Å². The van der Waals surface area contributed by atoms with E-state index in [9.17, 15) is 14.4 Å². The first-order valence-electron chi connectivity index (χ1n) is 10.3. The fourth-order valence-corrected chi connectivity index (χ4v) is 4.05. The molecule has 1 unspecified atom stereocenters. The van der Waals surface area contributed by atoms with Gasteiger partial charge in [0.05, 0.1) is 6.04 Å². The van der Waals surface area contributed by atoms with Gasteiger partial charge in [0.1, 0.15) is 6.54 Å². The summed E-state index contributed by atoms with van der Waals surface area (Å²) in [5.74, 6) is -0.372. The highest BCUT2D eigenvalue weighted by Crippen LogP contribution is 2.29. The third-order valence-corrected chi connectivity index (χ3v) is 5.58. The topological polar surface area (TPSA) is 80.2 Å². The zero-order valence-corrected chi connectivity index (χ0v) is 16.8. The van der Waals surface area contributed by atoms with E-state index in [2.05, 4.69) is 22.8 Å². The van der Waals surface area contributed by atoms with E-state index in [0.717, 1.165) is 24.6 Å². The number of aryl methyl sites for hydroxylation is 1. The second kappa shape index (κ2) is 8.95. The van der Waals surface area contributed by atoms with Crippen LogP contribution in [-0.2, 0) is 22.6 Å². The minimum atomic E-state index is -0.289. The fraction of sp³-hybridized carbons (Fsp3) is 0.292. The van der Waals surface area contributed by atoms with Gasteiger partial charge in [-0.15, -0.1) is 0 Å². The van der Waals surface area contributed by atoms with Crippen LogP contribution < -0.4 is 16.2 Å². The first kappa shape index (κ1) is 19.9. The Morgan fingerprint density at radius 2 is 1.80 bits per heavy atom. The lowest BCUT2D eigenvalue weighted by Gasteiger charge is -2.26. The molecule has 1 aromatic heterocycles. The van der Waals surface area contributed by atoms with Crippen molar-refractivity contribution in [3.8, 4) is 0 Å². The molecule has 0 aliphatic heterocycles. The van der Waals surface area contributed by atoms with Crippen LogP contribution in [0.4, 0.5) is 0 Å². The Labute approximate surface area is 174 Å². The zero-order chi connectivity index (χ0) is 20.9. The summed E-state index contributed by atoms with van der Waals surface area (Å²) in [5, 5.41) is 7.25. The molecule has 0 saturated carbocycles. The molecule has 4 rings (SSSR count). The summed E-state index contributed by atoms with van der Waals surface area (Å²) >= 11 is 0. The number of benzene rings is 2. The van der Waals surface area contributed by atoms with Crippen molar-refractivity contribution in [1.82, 2.24) is 15.2 Å². The van der Waals surface area contributed by atoms with E-state index in [1.54, 1.807) is 18.3 Å². The summed E-state index contributed by atoms with van der Waals surface area (Å²) in [5.41, 5.74) is 2.29.